The third-order valence-electron chi connectivity index (χ3n) is 4.84. The van der Waals surface area contributed by atoms with Crippen LogP contribution in [0.25, 0.3) is 11.0 Å². The van der Waals surface area contributed by atoms with Gasteiger partial charge < -0.3 is 9.88 Å². The number of rotatable bonds is 5. The van der Waals surface area contributed by atoms with Gasteiger partial charge in [-0.25, -0.2) is 4.98 Å². The van der Waals surface area contributed by atoms with E-state index < -0.39 is 0 Å². The highest BCUT2D eigenvalue weighted by atomic mass is 15.1. The Morgan fingerprint density at radius 3 is 2.95 bits per heavy atom. The van der Waals surface area contributed by atoms with Gasteiger partial charge in [-0.05, 0) is 50.8 Å². The van der Waals surface area contributed by atoms with Crippen molar-refractivity contribution in [2.45, 2.75) is 58.0 Å². The predicted molar refractivity (Wildman–Crippen MR) is 88.5 cm³/mol. The molecule has 0 aliphatic heterocycles. The molecule has 1 aliphatic carbocycles. The van der Waals surface area contributed by atoms with Crippen LogP contribution in [0.5, 0.6) is 0 Å². The Kier molecular flexibility index (Phi) is 4.59. The second-order valence-electron chi connectivity index (χ2n) is 6.39. The molecule has 0 bridgehead atoms. The topological polar surface area (TPSA) is 29.9 Å². The maximum absolute atomic E-state index is 4.92. The van der Waals surface area contributed by atoms with Crippen molar-refractivity contribution in [1.29, 1.82) is 0 Å². The lowest BCUT2D eigenvalue weighted by molar-refractivity contribution is 0.289. The van der Waals surface area contributed by atoms with Gasteiger partial charge in [0.1, 0.15) is 5.82 Å². The van der Waals surface area contributed by atoms with Gasteiger partial charge >= 0.3 is 0 Å². The van der Waals surface area contributed by atoms with E-state index in [1.54, 1.807) is 0 Å². The van der Waals surface area contributed by atoms with Gasteiger partial charge in [0.2, 0.25) is 0 Å². The molecule has 21 heavy (non-hydrogen) atoms. The number of nitrogens with one attached hydrogen (secondary N) is 1. The van der Waals surface area contributed by atoms with Crippen molar-refractivity contribution in [1.82, 2.24) is 14.9 Å². The van der Waals surface area contributed by atoms with Gasteiger partial charge in [-0.1, -0.05) is 25.5 Å². The number of para-hydroxylation sites is 2. The Balaban J connectivity index is 1.84. The van der Waals surface area contributed by atoms with E-state index in [9.17, 15) is 0 Å². The van der Waals surface area contributed by atoms with E-state index >= 15 is 0 Å². The summed E-state index contributed by atoms with van der Waals surface area (Å²) in [6.45, 7) is 3.33. The first-order chi connectivity index (χ1) is 10.3. The molecule has 0 amide bonds. The van der Waals surface area contributed by atoms with Crippen molar-refractivity contribution in [3.8, 4) is 0 Å². The predicted octanol–water partition coefficient (Wildman–Crippen LogP) is 3.77. The molecule has 3 nitrogen and oxygen atoms in total. The van der Waals surface area contributed by atoms with Crippen LogP contribution in [0.3, 0.4) is 0 Å². The molecule has 0 radical (unpaired) electrons. The summed E-state index contributed by atoms with van der Waals surface area (Å²) in [5.41, 5.74) is 2.46. The van der Waals surface area contributed by atoms with Gasteiger partial charge in [0.15, 0.2) is 0 Å². The van der Waals surface area contributed by atoms with Crippen LogP contribution in [-0.4, -0.2) is 22.6 Å². The monoisotopic (exact) mass is 285 g/mol. The average Bonchev–Trinajstić information content (AvgIpc) is 2.86. The van der Waals surface area contributed by atoms with Crippen molar-refractivity contribution < 1.29 is 0 Å². The molecule has 1 saturated carbocycles. The first kappa shape index (κ1) is 14.6. The van der Waals surface area contributed by atoms with Crippen molar-refractivity contribution in [2.24, 2.45) is 5.92 Å². The number of aromatic nitrogens is 2. The minimum absolute atomic E-state index is 0.702. The lowest BCUT2D eigenvalue weighted by Crippen LogP contribution is -2.32. The molecular formula is C18H27N3. The zero-order chi connectivity index (χ0) is 14.7. The molecule has 2 aromatic rings. The normalized spacial score (nSPS) is 22.8. The van der Waals surface area contributed by atoms with Crippen LogP contribution in [0.4, 0.5) is 0 Å². The highest BCUT2D eigenvalue weighted by molar-refractivity contribution is 5.75. The summed E-state index contributed by atoms with van der Waals surface area (Å²) in [7, 11) is 2.10. The fraction of sp³-hybridized carbons (Fsp3) is 0.611. The molecule has 1 fully saturated rings. The maximum atomic E-state index is 4.92. The van der Waals surface area contributed by atoms with Crippen LogP contribution in [0.2, 0.25) is 0 Å². The standard InChI is InChI=1S/C18H27N3/c1-3-11-21-17-10-5-4-9-16(17)20-18(21)13-14-7-6-8-15(12-14)19-2/h4-5,9-10,14-15,19H,3,6-8,11-13H2,1-2H3. The number of imidazole rings is 1. The Bertz CT molecular complexity index is 587. The Labute approximate surface area is 127 Å². The summed E-state index contributed by atoms with van der Waals surface area (Å²) in [5, 5.41) is 3.46. The molecule has 0 saturated heterocycles. The Hall–Kier alpha value is -1.35. The van der Waals surface area contributed by atoms with Crippen molar-refractivity contribution in [2.75, 3.05) is 7.05 Å². The molecule has 114 valence electrons. The molecule has 1 aromatic heterocycles. The van der Waals surface area contributed by atoms with E-state index in [2.05, 4.69) is 48.1 Å². The quantitative estimate of drug-likeness (QED) is 0.906. The summed E-state index contributed by atoms with van der Waals surface area (Å²) >= 11 is 0. The second-order valence-corrected chi connectivity index (χ2v) is 6.39. The molecule has 2 atom stereocenters. The smallest absolute Gasteiger partial charge is 0.110 e. The zero-order valence-corrected chi connectivity index (χ0v) is 13.3. The highest BCUT2D eigenvalue weighted by Gasteiger charge is 2.23. The van der Waals surface area contributed by atoms with Crippen molar-refractivity contribution >= 4 is 11.0 Å². The summed E-state index contributed by atoms with van der Waals surface area (Å²) in [6.07, 6.45) is 7.63. The largest absolute Gasteiger partial charge is 0.328 e. The Morgan fingerprint density at radius 1 is 1.29 bits per heavy atom. The number of benzene rings is 1. The highest BCUT2D eigenvalue weighted by Crippen LogP contribution is 2.28. The van der Waals surface area contributed by atoms with Crippen molar-refractivity contribution in [3.63, 3.8) is 0 Å². The fourth-order valence-electron chi connectivity index (χ4n) is 3.75. The number of fused-ring (bicyclic) bond motifs is 1. The number of hydrogen-bond acceptors (Lipinski definition) is 2. The van der Waals surface area contributed by atoms with E-state index in [4.69, 9.17) is 4.98 Å². The van der Waals surface area contributed by atoms with Crippen molar-refractivity contribution in [3.05, 3.63) is 30.1 Å². The Morgan fingerprint density at radius 2 is 2.14 bits per heavy atom. The molecule has 1 N–H and O–H groups in total. The third-order valence-corrected chi connectivity index (χ3v) is 4.84. The first-order valence-electron chi connectivity index (χ1n) is 8.43. The van der Waals surface area contributed by atoms with Crippen LogP contribution in [-0.2, 0) is 13.0 Å². The van der Waals surface area contributed by atoms with E-state index in [-0.39, 0.29) is 0 Å². The van der Waals surface area contributed by atoms with Gasteiger partial charge in [0.05, 0.1) is 11.0 Å². The zero-order valence-electron chi connectivity index (χ0n) is 13.3. The number of aryl methyl sites for hydroxylation is 1. The first-order valence-corrected chi connectivity index (χ1v) is 8.43. The molecule has 1 aromatic carbocycles. The number of nitrogens with zero attached hydrogens (tertiary/aromatic N) is 2. The summed E-state index contributed by atoms with van der Waals surface area (Å²) < 4.78 is 2.44. The summed E-state index contributed by atoms with van der Waals surface area (Å²) in [5.74, 6) is 2.07. The fourth-order valence-corrected chi connectivity index (χ4v) is 3.75. The molecule has 1 heterocycles. The molecule has 0 spiro atoms. The summed E-state index contributed by atoms with van der Waals surface area (Å²) in [6, 6.07) is 9.26. The van der Waals surface area contributed by atoms with Crippen LogP contribution < -0.4 is 5.32 Å². The van der Waals surface area contributed by atoms with Gasteiger partial charge in [-0.3, -0.25) is 0 Å². The SMILES string of the molecule is CCCn1c(CC2CCCC(NC)C2)nc2ccccc21. The third kappa shape index (κ3) is 3.13. The summed E-state index contributed by atoms with van der Waals surface area (Å²) in [4.78, 5) is 4.92. The lowest BCUT2D eigenvalue weighted by atomic mass is 9.83. The second kappa shape index (κ2) is 6.61. The molecule has 3 rings (SSSR count). The van der Waals surface area contributed by atoms with E-state index in [1.807, 2.05) is 0 Å². The molecule has 1 aliphatic rings. The van der Waals surface area contributed by atoms with Gasteiger partial charge in [0.25, 0.3) is 0 Å². The van der Waals surface area contributed by atoms with E-state index in [1.165, 1.54) is 37.0 Å². The van der Waals surface area contributed by atoms with Crippen LogP contribution in [0, 0.1) is 5.92 Å². The minimum atomic E-state index is 0.702. The molecular weight excluding hydrogens is 258 g/mol. The van der Waals surface area contributed by atoms with Crippen LogP contribution in [0.1, 0.15) is 44.9 Å². The van der Waals surface area contributed by atoms with E-state index in [0.29, 0.717) is 6.04 Å². The van der Waals surface area contributed by atoms with E-state index in [0.717, 1.165) is 30.8 Å². The number of hydrogen-bond donors (Lipinski definition) is 1. The van der Waals surface area contributed by atoms with Gasteiger partial charge in [-0.15, -0.1) is 0 Å². The average molecular weight is 285 g/mol. The lowest BCUT2D eigenvalue weighted by Gasteiger charge is -2.28. The molecule has 3 heteroatoms. The van der Waals surface area contributed by atoms with Crippen LogP contribution in [0.15, 0.2) is 24.3 Å². The minimum Gasteiger partial charge on any atom is -0.328 e. The van der Waals surface area contributed by atoms with Gasteiger partial charge in [-0.2, -0.15) is 0 Å². The maximum Gasteiger partial charge on any atom is 0.110 e. The molecule has 2 unspecified atom stereocenters. The van der Waals surface area contributed by atoms with Gasteiger partial charge in [0, 0.05) is 19.0 Å². The van der Waals surface area contributed by atoms with Crippen LogP contribution >= 0.6 is 0 Å².